The maximum atomic E-state index is 5.88. The zero-order valence-corrected chi connectivity index (χ0v) is 20.8. The van der Waals surface area contributed by atoms with Crippen molar-refractivity contribution in [2.45, 2.75) is 24.3 Å². The van der Waals surface area contributed by atoms with Gasteiger partial charge in [-0.2, -0.15) is 0 Å². The van der Waals surface area contributed by atoms with Gasteiger partial charge in [0.25, 0.3) is 0 Å². The first-order valence-corrected chi connectivity index (χ1v) is 12.5. The molecule has 8 nitrogen and oxygen atoms in total. The summed E-state index contributed by atoms with van der Waals surface area (Å²) in [6.45, 7) is 2.58. The topological polar surface area (TPSA) is 88.1 Å². The number of hydrogen-bond donors (Lipinski definition) is 0. The van der Waals surface area contributed by atoms with Gasteiger partial charge in [0.1, 0.15) is 11.5 Å². The minimum atomic E-state index is 0.472. The monoisotopic (exact) mass is 499 g/mol. The normalized spacial score (nSPS) is 10.9. The van der Waals surface area contributed by atoms with Crippen LogP contribution in [0.3, 0.4) is 0 Å². The van der Waals surface area contributed by atoms with Gasteiger partial charge in [-0.05, 0) is 61.0 Å². The number of ether oxygens (including phenoxy) is 2. The Balaban J connectivity index is 1.40. The molecule has 0 atom stereocenters. The van der Waals surface area contributed by atoms with Gasteiger partial charge in [0.2, 0.25) is 11.8 Å². The van der Waals surface area contributed by atoms with Crippen molar-refractivity contribution in [3.63, 3.8) is 0 Å². The lowest BCUT2D eigenvalue weighted by molar-refractivity contribution is 0.340. The third-order valence-electron chi connectivity index (χ3n) is 5.42. The highest BCUT2D eigenvalue weighted by atomic mass is 32.2. The number of hydrogen-bond acceptors (Lipinski definition) is 8. The van der Waals surface area contributed by atoms with Crippen LogP contribution < -0.4 is 9.47 Å². The molecule has 5 rings (SSSR count). The Morgan fingerprint density at radius 2 is 1.53 bits per heavy atom. The van der Waals surface area contributed by atoms with Gasteiger partial charge in [0, 0.05) is 11.3 Å². The molecule has 0 spiro atoms. The first-order chi connectivity index (χ1) is 17.7. The van der Waals surface area contributed by atoms with Gasteiger partial charge in [-0.3, -0.25) is 4.57 Å². The molecule has 0 aliphatic heterocycles. The van der Waals surface area contributed by atoms with E-state index < -0.39 is 0 Å². The smallest absolute Gasteiger partial charge is 0.226 e. The molecule has 0 unspecified atom stereocenters. The SMILES string of the molecule is CCOc1ccc(-n2c(SCc3nnc(Cc4ccccc4)o3)nnc2-c2ccc(OC)cc2)cc1. The van der Waals surface area contributed by atoms with Crippen LogP contribution in [0.2, 0.25) is 0 Å². The van der Waals surface area contributed by atoms with Crippen molar-refractivity contribution < 1.29 is 13.9 Å². The molecule has 2 heterocycles. The van der Waals surface area contributed by atoms with Crippen molar-refractivity contribution in [2.75, 3.05) is 13.7 Å². The minimum absolute atomic E-state index is 0.472. The van der Waals surface area contributed by atoms with Gasteiger partial charge in [-0.25, -0.2) is 0 Å². The van der Waals surface area contributed by atoms with Crippen molar-refractivity contribution in [3.05, 3.63) is 96.2 Å². The summed E-state index contributed by atoms with van der Waals surface area (Å²) in [6, 6.07) is 25.7. The largest absolute Gasteiger partial charge is 0.497 e. The van der Waals surface area contributed by atoms with Crippen LogP contribution in [0.25, 0.3) is 17.1 Å². The minimum Gasteiger partial charge on any atom is -0.497 e. The molecule has 0 saturated carbocycles. The molecule has 3 aromatic carbocycles. The fourth-order valence-corrected chi connectivity index (χ4v) is 4.49. The van der Waals surface area contributed by atoms with Crippen LogP contribution >= 0.6 is 11.8 Å². The molecule has 182 valence electrons. The fourth-order valence-electron chi connectivity index (χ4n) is 3.70. The third-order valence-corrected chi connectivity index (χ3v) is 6.33. The number of nitrogens with zero attached hydrogens (tertiary/aromatic N) is 5. The third kappa shape index (κ3) is 5.41. The van der Waals surface area contributed by atoms with Gasteiger partial charge < -0.3 is 13.9 Å². The number of benzene rings is 3. The van der Waals surface area contributed by atoms with Crippen molar-refractivity contribution in [1.29, 1.82) is 0 Å². The average Bonchev–Trinajstić information content (AvgIpc) is 3.55. The molecule has 0 aliphatic carbocycles. The first kappa shape index (κ1) is 23.6. The molecule has 0 radical (unpaired) electrons. The summed E-state index contributed by atoms with van der Waals surface area (Å²) in [5, 5.41) is 18.1. The lowest BCUT2D eigenvalue weighted by Crippen LogP contribution is -2.00. The highest BCUT2D eigenvalue weighted by molar-refractivity contribution is 7.98. The van der Waals surface area contributed by atoms with Gasteiger partial charge in [-0.15, -0.1) is 20.4 Å². The van der Waals surface area contributed by atoms with E-state index in [1.807, 2.05) is 90.4 Å². The average molecular weight is 500 g/mol. The lowest BCUT2D eigenvalue weighted by Gasteiger charge is -2.11. The van der Waals surface area contributed by atoms with Crippen LogP contribution in [-0.4, -0.2) is 38.7 Å². The van der Waals surface area contributed by atoms with Crippen molar-refractivity contribution >= 4 is 11.8 Å². The standard InChI is InChI=1S/C27H25N5O3S/c1-3-34-23-15-11-21(12-16-23)32-26(20-9-13-22(33-2)14-10-20)30-31-27(32)36-18-25-29-28-24(35-25)17-19-7-5-4-6-8-19/h4-16H,3,17-18H2,1-2H3. The lowest BCUT2D eigenvalue weighted by atomic mass is 10.2. The second kappa shape index (κ2) is 11.1. The molecule has 0 aliphatic rings. The van der Waals surface area contributed by atoms with E-state index in [4.69, 9.17) is 13.9 Å². The molecule has 2 aromatic heterocycles. The Morgan fingerprint density at radius 3 is 2.25 bits per heavy atom. The molecule has 0 bridgehead atoms. The Morgan fingerprint density at radius 1 is 0.806 bits per heavy atom. The van der Waals surface area contributed by atoms with Gasteiger partial charge >= 0.3 is 0 Å². The Bertz CT molecular complexity index is 1400. The summed E-state index contributed by atoms with van der Waals surface area (Å²) >= 11 is 1.49. The van der Waals surface area contributed by atoms with Crippen LogP contribution in [0.5, 0.6) is 11.5 Å². The van der Waals surface area contributed by atoms with Gasteiger partial charge in [0.15, 0.2) is 11.0 Å². The van der Waals surface area contributed by atoms with E-state index in [1.165, 1.54) is 11.8 Å². The molecule has 5 aromatic rings. The van der Waals surface area contributed by atoms with Crippen LogP contribution in [0, 0.1) is 0 Å². The summed E-state index contributed by atoms with van der Waals surface area (Å²) in [5.41, 5.74) is 2.97. The molecule has 0 fully saturated rings. The molecule has 9 heteroatoms. The summed E-state index contributed by atoms with van der Waals surface area (Å²) in [6.07, 6.45) is 0.600. The van der Waals surface area contributed by atoms with Crippen LogP contribution in [-0.2, 0) is 12.2 Å². The van der Waals surface area contributed by atoms with E-state index in [0.717, 1.165) is 34.1 Å². The quantitative estimate of drug-likeness (QED) is 0.229. The first-order valence-electron chi connectivity index (χ1n) is 11.5. The van der Waals surface area contributed by atoms with Crippen molar-refractivity contribution in [1.82, 2.24) is 25.0 Å². The highest BCUT2D eigenvalue weighted by Crippen LogP contribution is 2.31. The van der Waals surface area contributed by atoms with Crippen LogP contribution in [0.1, 0.15) is 24.3 Å². The predicted octanol–water partition coefficient (Wildman–Crippen LogP) is 5.61. The summed E-state index contributed by atoms with van der Waals surface area (Å²) < 4.78 is 18.8. The van der Waals surface area contributed by atoms with E-state index in [1.54, 1.807) is 7.11 Å². The Kier molecular flexibility index (Phi) is 7.28. The summed E-state index contributed by atoms with van der Waals surface area (Å²) in [4.78, 5) is 0. The van der Waals surface area contributed by atoms with E-state index in [2.05, 4.69) is 20.4 Å². The fraction of sp³-hybridized carbons (Fsp3) is 0.185. The molecule has 0 amide bonds. The predicted molar refractivity (Wildman–Crippen MR) is 138 cm³/mol. The van der Waals surface area contributed by atoms with Crippen LogP contribution in [0.15, 0.2) is 88.4 Å². The number of methoxy groups -OCH3 is 1. The molecular weight excluding hydrogens is 474 g/mol. The van der Waals surface area contributed by atoms with Crippen molar-refractivity contribution in [2.24, 2.45) is 0 Å². The van der Waals surface area contributed by atoms with Crippen molar-refractivity contribution in [3.8, 4) is 28.6 Å². The highest BCUT2D eigenvalue weighted by Gasteiger charge is 2.18. The van der Waals surface area contributed by atoms with E-state index in [0.29, 0.717) is 35.7 Å². The molecule has 0 saturated heterocycles. The second-order valence-corrected chi connectivity index (χ2v) is 8.78. The second-order valence-electron chi connectivity index (χ2n) is 7.84. The zero-order chi connectivity index (χ0) is 24.7. The summed E-state index contributed by atoms with van der Waals surface area (Å²) in [5.74, 6) is 3.91. The molecular formula is C27H25N5O3S. The summed E-state index contributed by atoms with van der Waals surface area (Å²) in [7, 11) is 1.65. The number of aromatic nitrogens is 5. The van der Waals surface area contributed by atoms with E-state index in [9.17, 15) is 0 Å². The Hall–Kier alpha value is -4.11. The van der Waals surface area contributed by atoms with E-state index >= 15 is 0 Å². The maximum absolute atomic E-state index is 5.88. The van der Waals surface area contributed by atoms with E-state index in [-0.39, 0.29) is 0 Å². The molecule has 0 N–H and O–H groups in total. The van der Waals surface area contributed by atoms with Crippen LogP contribution in [0.4, 0.5) is 0 Å². The number of thioether (sulfide) groups is 1. The zero-order valence-electron chi connectivity index (χ0n) is 20.0. The Labute approximate surface area is 213 Å². The van der Waals surface area contributed by atoms with Gasteiger partial charge in [-0.1, -0.05) is 42.1 Å². The maximum Gasteiger partial charge on any atom is 0.226 e. The number of rotatable bonds is 10. The molecule has 36 heavy (non-hydrogen) atoms. The van der Waals surface area contributed by atoms with Gasteiger partial charge in [0.05, 0.1) is 25.9 Å².